The van der Waals surface area contributed by atoms with Crippen molar-refractivity contribution in [1.29, 1.82) is 0 Å². The molecule has 2 rings (SSSR count). The predicted octanol–water partition coefficient (Wildman–Crippen LogP) is 2.92. The van der Waals surface area contributed by atoms with Gasteiger partial charge in [-0.3, -0.25) is 4.79 Å². The molecular weight excluding hydrogens is 318 g/mol. The van der Waals surface area contributed by atoms with E-state index in [-0.39, 0.29) is 5.91 Å². The Balaban J connectivity index is 2.00. The summed E-state index contributed by atoms with van der Waals surface area (Å²) in [6.45, 7) is 2.50. The summed E-state index contributed by atoms with van der Waals surface area (Å²) in [6.07, 6.45) is 2.00. The molecule has 0 bridgehead atoms. The largest absolute Gasteiger partial charge is 0.494 e. The van der Waals surface area contributed by atoms with Crippen molar-refractivity contribution < 1.29 is 9.53 Å². The number of rotatable bonds is 6. The van der Waals surface area contributed by atoms with E-state index in [1.165, 1.54) is 11.3 Å². The molecule has 3 N–H and O–H groups in total. The Bertz CT molecular complexity index is 666. The van der Waals surface area contributed by atoms with E-state index < -0.39 is 0 Å². The van der Waals surface area contributed by atoms with Crippen molar-refractivity contribution in [2.45, 2.75) is 11.1 Å². The Kier molecular flexibility index (Phi) is 5.85. The van der Waals surface area contributed by atoms with E-state index in [4.69, 9.17) is 10.5 Å². The first-order chi connectivity index (χ1) is 10.6. The molecule has 7 heteroatoms. The average Bonchev–Trinajstić information content (AvgIpc) is 3.02. The molecule has 0 aliphatic rings. The van der Waals surface area contributed by atoms with E-state index in [0.717, 1.165) is 14.8 Å². The van der Waals surface area contributed by atoms with Gasteiger partial charge in [-0.15, -0.1) is 23.1 Å². The summed E-state index contributed by atoms with van der Waals surface area (Å²) in [6, 6.07) is 10.7. The van der Waals surface area contributed by atoms with Crippen molar-refractivity contribution in [1.82, 2.24) is 5.43 Å². The van der Waals surface area contributed by atoms with Crippen LogP contribution in [0.4, 0.5) is 0 Å². The molecule has 0 atom stereocenters. The standard InChI is InChI=1S/C15H17N3O2S2/c1-3-20-11-6-4-10(5-7-11)15(19)18-17-14(16)12-8-9-13(21-2)22-12/h4-9H,3H2,1-2H3,(H2,16,17)(H,18,19). The van der Waals surface area contributed by atoms with Gasteiger partial charge in [0.15, 0.2) is 5.84 Å². The number of thiophene rings is 1. The van der Waals surface area contributed by atoms with Crippen LogP contribution < -0.4 is 15.9 Å². The predicted molar refractivity (Wildman–Crippen MR) is 91.9 cm³/mol. The second-order valence-corrected chi connectivity index (χ2v) is 6.41. The summed E-state index contributed by atoms with van der Waals surface area (Å²) >= 11 is 3.18. The third-order valence-electron chi connectivity index (χ3n) is 2.74. The summed E-state index contributed by atoms with van der Waals surface area (Å²) in [5.41, 5.74) is 8.82. The highest BCUT2D eigenvalue weighted by Crippen LogP contribution is 2.24. The molecule has 1 amide bonds. The van der Waals surface area contributed by atoms with Crippen molar-refractivity contribution >= 4 is 34.8 Å². The number of hydrazone groups is 1. The fourth-order valence-corrected chi connectivity index (χ4v) is 3.11. The first kappa shape index (κ1) is 16.4. The molecule has 0 radical (unpaired) electrons. The molecule has 0 saturated carbocycles. The minimum atomic E-state index is -0.312. The zero-order chi connectivity index (χ0) is 15.9. The second-order valence-electron chi connectivity index (χ2n) is 4.22. The maximum absolute atomic E-state index is 12.0. The van der Waals surface area contributed by atoms with Crippen LogP contribution in [0.5, 0.6) is 5.75 Å². The number of amides is 1. The lowest BCUT2D eigenvalue weighted by Gasteiger charge is -2.04. The summed E-state index contributed by atoms with van der Waals surface area (Å²) in [5.74, 6) is 0.711. The molecule has 0 spiro atoms. The van der Waals surface area contributed by atoms with Gasteiger partial charge in [-0.25, -0.2) is 5.43 Å². The van der Waals surface area contributed by atoms with Crippen LogP contribution in [-0.2, 0) is 0 Å². The lowest BCUT2D eigenvalue weighted by Crippen LogP contribution is -2.23. The van der Waals surface area contributed by atoms with Gasteiger partial charge in [0.25, 0.3) is 5.91 Å². The normalized spacial score (nSPS) is 11.3. The highest BCUT2D eigenvalue weighted by atomic mass is 32.2. The van der Waals surface area contributed by atoms with Gasteiger partial charge in [-0.1, -0.05) is 0 Å². The van der Waals surface area contributed by atoms with Gasteiger partial charge in [0.2, 0.25) is 0 Å². The van der Waals surface area contributed by atoms with Crippen molar-refractivity contribution in [3.8, 4) is 5.75 Å². The number of carbonyl (C=O) groups excluding carboxylic acids is 1. The van der Waals surface area contributed by atoms with Crippen LogP contribution >= 0.6 is 23.1 Å². The summed E-state index contributed by atoms with van der Waals surface area (Å²) < 4.78 is 6.47. The van der Waals surface area contributed by atoms with E-state index >= 15 is 0 Å². The molecule has 1 heterocycles. The van der Waals surface area contributed by atoms with Crippen LogP contribution in [0.25, 0.3) is 0 Å². The first-order valence-electron chi connectivity index (χ1n) is 6.64. The number of hydrogen-bond donors (Lipinski definition) is 2. The Morgan fingerprint density at radius 3 is 2.64 bits per heavy atom. The van der Waals surface area contributed by atoms with Gasteiger partial charge in [-0.2, -0.15) is 5.10 Å². The highest BCUT2D eigenvalue weighted by molar-refractivity contribution is 8.00. The number of hydrogen-bond acceptors (Lipinski definition) is 5. The minimum Gasteiger partial charge on any atom is -0.494 e. The minimum absolute atomic E-state index is 0.296. The van der Waals surface area contributed by atoms with Crippen molar-refractivity contribution in [2.75, 3.05) is 12.9 Å². The van der Waals surface area contributed by atoms with Crippen LogP contribution in [-0.4, -0.2) is 24.6 Å². The Morgan fingerprint density at radius 2 is 2.05 bits per heavy atom. The maximum atomic E-state index is 12.0. The Hall–Kier alpha value is -1.99. The molecule has 22 heavy (non-hydrogen) atoms. The number of nitrogens with two attached hydrogens (primary N) is 1. The van der Waals surface area contributed by atoms with Gasteiger partial charge in [0, 0.05) is 5.56 Å². The fraction of sp³-hybridized carbons (Fsp3) is 0.200. The second kappa shape index (κ2) is 7.86. The number of amidine groups is 1. The highest BCUT2D eigenvalue weighted by Gasteiger charge is 2.07. The van der Waals surface area contributed by atoms with Crippen LogP contribution in [0.3, 0.4) is 0 Å². The molecule has 2 aromatic rings. The Labute approximate surface area is 137 Å². The summed E-state index contributed by atoms with van der Waals surface area (Å²) in [4.78, 5) is 12.8. The molecule has 0 fully saturated rings. The SMILES string of the molecule is CCOc1ccc(C(=O)NN=C(N)c2ccc(SC)s2)cc1. The molecule has 0 unspecified atom stereocenters. The number of nitrogens with zero attached hydrogens (tertiary/aromatic N) is 1. The van der Waals surface area contributed by atoms with Gasteiger partial charge < -0.3 is 10.5 Å². The molecule has 1 aromatic carbocycles. The number of thioether (sulfide) groups is 1. The quantitative estimate of drug-likeness (QED) is 0.368. The summed E-state index contributed by atoms with van der Waals surface area (Å²) in [7, 11) is 0. The smallest absolute Gasteiger partial charge is 0.271 e. The molecule has 0 saturated heterocycles. The molecule has 0 aliphatic carbocycles. The van der Waals surface area contributed by atoms with E-state index in [9.17, 15) is 4.79 Å². The van der Waals surface area contributed by atoms with Crippen LogP contribution in [0.1, 0.15) is 22.2 Å². The number of ether oxygens (including phenoxy) is 1. The topological polar surface area (TPSA) is 76.7 Å². The van der Waals surface area contributed by atoms with Gasteiger partial charge >= 0.3 is 0 Å². The average molecular weight is 335 g/mol. The van der Waals surface area contributed by atoms with Crippen molar-refractivity contribution in [3.05, 3.63) is 46.8 Å². The molecule has 116 valence electrons. The lowest BCUT2D eigenvalue weighted by atomic mass is 10.2. The first-order valence-corrected chi connectivity index (χ1v) is 8.68. The zero-order valence-electron chi connectivity index (χ0n) is 12.3. The van der Waals surface area contributed by atoms with Crippen LogP contribution in [0.2, 0.25) is 0 Å². The molecule has 1 aromatic heterocycles. The van der Waals surface area contributed by atoms with E-state index in [1.807, 2.05) is 25.3 Å². The monoisotopic (exact) mass is 335 g/mol. The lowest BCUT2D eigenvalue weighted by molar-refractivity contribution is 0.0955. The van der Waals surface area contributed by atoms with Gasteiger partial charge in [-0.05, 0) is 49.6 Å². The maximum Gasteiger partial charge on any atom is 0.271 e. The molecular formula is C15H17N3O2S2. The van der Waals surface area contributed by atoms with Crippen LogP contribution in [0.15, 0.2) is 45.7 Å². The molecule has 0 aliphatic heterocycles. The van der Waals surface area contributed by atoms with Crippen molar-refractivity contribution in [2.24, 2.45) is 10.8 Å². The van der Waals surface area contributed by atoms with Crippen molar-refractivity contribution in [3.63, 3.8) is 0 Å². The van der Waals surface area contributed by atoms with E-state index in [2.05, 4.69) is 10.5 Å². The molecule has 5 nitrogen and oxygen atoms in total. The summed E-state index contributed by atoms with van der Waals surface area (Å²) in [5, 5.41) is 3.94. The van der Waals surface area contributed by atoms with Gasteiger partial charge in [0.1, 0.15) is 5.75 Å². The number of benzene rings is 1. The number of nitrogens with one attached hydrogen (secondary N) is 1. The third kappa shape index (κ3) is 4.25. The van der Waals surface area contributed by atoms with Crippen LogP contribution in [0, 0.1) is 0 Å². The van der Waals surface area contributed by atoms with E-state index in [0.29, 0.717) is 18.0 Å². The van der Waals surface area contributed by atoms with E-state index in [1.54, 1.807) is 36.0 Å². The van der Waals surface area contributed by atoms with Gasteiger partial charge in [0.05, 0.1) is 15.7 Å². The third-order valence-corrected chi connectivity index (χ3v) is 4.93. The fourth-order valence-electron chi connectivity index (χ4n) is 1.67. The number of carbonyl (C=O) groups is 1. The Morgan fingerprint density at radius 1 is 1.32 bits per heavy atom. The zero-order valence-corrected chi connectivity index (χ0v) is 14.0.